The Hall–Kier alpha value is -2.72. The lowest BCUT2D eigenvalue weighted by atomic mass is 10.2. The Bertz CT molecular complexity index is 631. The summed E-state index contributed by atoms with van der Waals surface area (Å²) in [7, 11) is 0. The van der Waals surface area contributed by atoms with Gasteiger partial charge < -0.3 is 25.4 Å². The highest BCUT2D eigenvalue weighted by Crippen LogP contribution is 2.25. The van der Waals surface area contributed by atoms with E-state index in [2.05, 4.69) is 5.32 Å². The molecule has 3 N–H and O–H groups in total. The fourth-order valence-corrected chi connectivity index (χ4v) is 2.14. The molecule has 0 spiro atoms. The highest BCUT2D eigenvalue weighted by Gasteiger charge is 2.20. The molecular formula is C16H20N4O3. The Morgan fingerprint density at radius 3 is 2.91 bits per heavy atom. The Labute approximate surface area is 135 Å². The third kappa shape index (κ3) is 4.37. The number of carbonyl (C=O) groups excluding carboxylic acids is 1. The second-order valence-electron chi connectivity index (χ2n) is 4.90. The number of morpholine rings is 1. The third-order valence-electron chi connectivity index (χ3n) is 3.35. The van der Waals surface area contributed by atoms with Crippen molar-refractivity contribution in [3.8, 4) is 11.8 Å². The zero-order valence-corrected chi connectivity index (χ0v) is 13.0. The summed E-state index contributed by atoms with van der Waals surface area (Å²) >= 11 is 0. The number of amides is 1. The number of ether oxygens (including phenoxy) is 2. The number of rotatable bonds is 5. The van der Waals surface area contributed by atoms with Gasteiger partial charge >= 0.3 is 0 Å². The molecule has 1 aliphatic heterocycles. The second kappa shape index (κ2) is 8.06. The highest BCUT2D eigenvalue weighted by molar-refractivity contribution is 5.97. The first-order valence-electron chi connectivity index (χ1n) is 7.42. The third-order valence-corrected chi connectivity index (χ3v) is 3.35. The topological polar surface area (TPSA) is 101 Å². The SMILES string of the molecule is CCOc1cc(N/C=C(\C#N)C(=O)N2CCOCC2)ccc1N. The average Bonchev–Trinajstić information content (AvgIpc) is 2.59. The van der Waals surface area contributed by atoms with Crippen LogP contribution >= 0.6 is 0 Å². The number of hydrogen-bond acceptors (Lipinski definition) is 6. The Balaban J connectivity index is 2.08. The van der Waals surface area contributed by atoms with Gasteiger partial charge in [-0.2, -0.15) is 5.26 Å². The first-order valence-corrected chi connectivity index (χ1v) is 7.42. The van der Waals surface area contributed by atoms with Crippen molar-refractivity contribution < 1.29 is 14.3 Å². The molecule has 1 aromatic rings. The zero-order chi connectivity index (χ0) is 16.7. The monoisotopic (exact) mass is 316 g/mol. The van der Waals surface area contributed by atoms with Crippen molar-refractivity contribution in [2.24, 2.45) is 0 Å². The predicted molar refractivity (Wildman–Crippen MR) is 86.7 cm³/mol. The number of nitrogens with one attached hydrogen (secondary N) is 1. The quantitative estimate of drug-likeness (QED) is 0.483. The Morgan fingerprint density at radius 2 is 2.26 bits per heavy atom. The number of anilines is 2. The van der Waals surface area contributed by atoms with Gasteiger partial charge in [0, 0.05) is 31.0 Å². The summed E-state index contributed by atoms with van der Waals surface area (Å²) in [5.41, 5.74) is 7.07. The molecule has 7 heteroatoms. The van der Waals surface area contributed by atoms with Crippen molar-refractivity contribution in [2.45, 2.75) is 6.92 Å². The van der Waals surface area contributed by atoms with Crippen LogP contribution < -0.4 is 15.8 Å². The van der Waals surface area contributed by atoms with E-state index < -0.39 is 0 Å². The van der Waals surface area contributed by atoms with E-state index in [9.17, 15) is 10.1 Å². The fraction of sp³-hybridized carbons (Fsp3) is 0.375. The lowest BCUT2D eigenvalue weighted by Crippen LogP contribution is -2.41. The van der Waals surface area contributed by atoms with Crippen LogP contribution in [0.25, 0.3) is 0 Å². The van der Waals surface area contributed by atoms with Crippen molar-refractivity contribution in [3.05, 3.63) is 30.0 Å². The summed E-state index contributed by atoms with van der Waals surface area (Å²) in [5.74, 6) is 0.257. The first kappa shape index (κ1) is 16.6. The molecule has 0 saturated carbocycles. The van der Waals surface area contributed by atoms with Gasteiger partial charge in [-0.15, -0.1) is 0 Å². The maximum absolute atomic E-state index is 12.3. The number of carbonyl (C=O) groups is 1. The number of nitrogen functional groups attached to an aromatic ring is 1. The molecule has 1 aliphatic rings. The van der Waals surface area contributed by atoms with E-state index in [0.717, 1.165) is 0 Å². The molecule has 1 fully saturated rings. The molecule has 0 atom stereocenters. The van der Waals surface area contributed by atoms with Crippen LogP contribution in [0.1, 0.15) is 6.92 Å². The van der Waals surface area contributed by atoms with Gasteiger partial charge in [0.25, 0.3) is 5.91 Å². The summed E-state index contributed by atoms with van der Waals surface area (Å²) in [5, 5.41) is 12.1. The largest absolute Gasteiger partial charge is 0.492 e. The molecule has 0 aliphatic carbocycles. The second-order valence-corrected chi connectivity index (χ2v) is 4.90. The van der Waals surface area contributed by atoms with Crippen LogP contribution in [0.2, 0.25) is 0 Å². The summed E-state index contributed by atoms with van der Waals surface area (Å²) < 4.78 is 10.6. The molecule has 122 valence electrons. The van der Waals surface area contributed by atoms with Crippen molar-refractivity contribution in [3.63, 3.8) is 0 Å². The van der Waals surface area contributed by atoms with Gasteiger partial charge in [0.2, 0.25) is 0 Å². The number of nitrogens with zero attached hydrogens (tertiary/aromatic N) is 2. The van der Waals surface area contributed by atoms with Crippen molar-refractivity contribution in [1.29, 1.82) is 5.26 Å². The normalized spacial score (nSPS) is 15.0. The van der Waals surface area contributed by atoms with E-state index >= 15 is 0 Å². The zero-order valence-electron chi connectivity index (χ0n) is 13.0. The van der Waals surface area contributed by atoms with E-state index in [0.29, 0.717) is 50.0 Å². The van der Waals surface area contributed by atoms with E-state index in [1.165, 1.54) is 6.20 Å². The summed E-state index contributed by atoms with van der Waals surface area (Å²) in [6.45, 7) is 4.35. The van der Waals surface area contributed by atoms with Crippen LogP contribution in [-0.4, -0.2) is 43.7 Å². The van der Waals surface area contributed by atoms with Gasteiger partial charge in [-0.05, 0) is 19.1 Å². The number of nitriles is 1. The lowest BCUT2D eigenvalue weighted by molar-refractivity contribution is -0.130. The van der Waals surface area contributed by atoms with Gasteiger partial charge in [-0.25, -0.2) is 0 Å². The van der Waals surface area contributed by atoms with Gasteiger partial charge in [0.15, 0.2) is 0 Å². The van der Waals surface area contributed by atoms with Crippen LogP contribution in [0.5, 0.6) is 5.75 Å². The van der Waals surface area contributed by atoms with Crippen molar-refractivity contribution >= 4 is 17.3 Å². The standard InChI is InChI=1S/C16H20N4O3/c1-2-23-15-9-13(3-4-14(15)18)19-11-12(10-17)16(21)20-5-7-22-8-6-20/h3-4,9,11,19H,2,5-8,18H2,1H3/b12-11+. The molecule has 1 aromatic carbocycles. The van der Waals surface area contributed by atoms with Crippen molar-refractivity contribution in [2.75, 3.05) is 44.0 Å². The number of nitrogens with two attached hydrogens (primary N) is 1. The van der Waals surface area contributed by atoms with E-state index in [1.54, 1.807) is 23.1 Å². The van der Waals surface area contributed by atoms with Crippen LogP contribution in [0, 0.1) is 11.3 Å². The Kier molecular flexibility index (Phi) is 5.83. The number of benzene rings is 1. The molecule has 0 aromatic heterocycles. The molecule has 0 radical (unpaired) electrons. The van der Waals surface area contributed by atoms with Crippen LogP contribution in [0.15, 0.2) is 30.0 Å². The fourth-order valence-electron chi connectivity index (χ4n) is 2.14. The minimum absolute atomic E-state index is 0.0432. The van der Waals surface area contributed by atoms with E-state index in [4.69, 9.17) is 15.2 Å². The highest BCUT2D eigenvalue weighted by atomic mass is 16.5. The van der Waals surface area contributed by atoms with E-state index in [1.807, 2.05) is 13.0 Å². The molecule has 1 amide bonds. The molecule has 2 rings (SSSR count). The molecule has 23 heavy (non-hydrogen) atoms. The van der Waals surface area contributed by atoms with Crippen molar-refractivity contribution in [1.82, 2.24) is 4.90 Å². The minimum atomic E-state index is -0.302. The maximum Gasteiger partial charge on any atom is 0.266 e. The smallest absolute Gasteiger partial charge is 0.266 e. The summed E-state index contributed by atoms with van der Waals surface area (Å²) in [4.78, 5) is 13.9. The predicted octanol–water partition coefficient (Wildman–Crippen LogP) is 1.35. The molecule has 1 saturated heterocycles. The van der Waals surface area contributed by atoms with Crippen LogP contribution in [0.3, 0.4) is 0 Å². The summed E-state index contributed by atoms with van der Waals surface area (Å²) in [6.07, 6.45) is 1.40. The Morgan fingerprint density at radius 1 is 1.52 bits per heavy atom. The summed E-state index contributed by atoms with van der Waals surface area (Å²) in [6, 6.07) is 7.11. The van der Waals surface area contributed by atoms with E-state index in [-0.39, 0.29) is 11.5 Å². The van der Waals surface area contributed by atoms with Gasteiger partial charge in [0.05, 0.1) is 25.5 Å². The van der Waals surface area contributed by atoms with Gasteiger partial charge in [0.1, 0.15) is 17.4 Å². The maximum atomic E-state index is 12.3. The molecule has 0 bridgehead atoms. The molecule has 0 unspecified atom stereocenters. The lowest BCUT2D eigenvalue weighted by Gasteiger charge is -2.26. The van der Waals surface area contributed by atoms with Gasteiger partial charge in [-0.3, -0.25) is 4.79 Å². The van der Waals surface area contributed by atoms with Crippen LogP contribution in [0.4, 0.5) is 11.4 Å². The molecule has 7 nitrogen and oxygen atoms in total. The average molecular weight is 316 g/mol. The molecular weight excluding hydrogens is 296 g/mol. The first-order chi connectivity index (χ1) is 11.2. The van der Waals surface area contributed by atoms with Gasteiger partial charge in [-0.1, -0.05) is 0 Å². The molecule has 1 heterocycles. The van der Waals surface area contributed by atoms with Crippen LogP contribution in [-0.2, 0) is 9.53 Å². The minimum Gasteiger partial charge on any atom is -0.492 e. The number of hydrogen-bond donors (Lipinski definition) is 2.